The highest BCUT2D eigenvalue weighted by Crippen LogP contribution is 2.66. The second kappa shape index (κ2) is 4.93. The summed E-state index contributed by atoms with van der Waals surface area (Å²) in [6.07, 6.45) is 6.44. The first-order valence-electron chi connectivity index (χ1n) is 7.23. The number of amides is 1. The number of rotatable bonds is 3. The zero-order chi connectivity index (χ0) is 14.2. The molecule has 4 nitrogen and oxygen atoms in total. The summed E-state index contributed by atoms with van der Waals surface area (Å²) in [6.45, 7) is 2.23. The van der Waals surface area contributed by atoms with Gasteiger partial charge in [-0.15, -0.1) is 0 Å². The van der Waals surface area contributed by atoms with E-state index >= 15 is 0 Å². The molecule has 106 valence electrons. The molecule has 0 spiro atoms. The smallest absolute Gasteiger partial charge is 0.244 e. The number of nitrogens with one attached hydrogen (secondary N) is 1. The van der Waals surface area contributed by atoms with Crippen LogP contribution in [0.25, 0.3) is 0 Å². The molecule has 1 aromatic rings. The van der Waals surface area contributed by atoms with Gasteiger partial charge in [0.25, 0.3) is 0 Å². The summed E-state index contributed by atoms with van der Waals surface area (Å²) >= 11 is 0. The lowest BCUT2D eigenvalue weighted by molar-refractivity contribution is -0.123. The van der Waals surface area contributed by atoms with Crippen molar-refractivity contribution in [1.29, 1.82) is 0 Å². The minimum Gasteiger partial charge on any atom is -0.508 e. The maximum atomic E-state index is 12.2. The SMILES string of the molecule is C[C@]12CCCC[C@H]1[C@H]2C(=O)N/N=C/c1ccc(O)cc1. The number of aromatic hydroxyl groups is 1. The van der Waals surface area contributed by atoms with Crippen molar-refractivity contribution < 1.29 is 9.90 Å². The minimum atomic E-state index is 0.0504. The van der Waals surface area contributed by atoms with Crippen LogP contribution in [0.2, 0.25) is 0 Å². The Bertz CT molecular complexity index is 538. The van der Waals surface area contributed by atoms with Gasteiger partial charge in [-0.1, -0.05) is 19.8 Å². The number of nitrogens with zero attached hydrogens (tertiary/aromatic N) is 1. The molecule has 3 atom stereocenters. The highest BCUT2D eigenvalue weighted by atomic mass is 16.3. The summed E-state index contributed by atoms with van der Waals surface area (Å²) in [5.41, 5.74) is 3.73. The van der Waals surface area contributed by atoms with Crippen LogP contribution in [-0.2, 0) is 4.79 Å². The predicted octanol–water partition coefficient (Wildman–Crippen LogP) is 2.67. The fourth-order valence-corrected chi connectivity index (χ4v) is 3.65. The molecule has 4 heteroatoms. The number of carbonyl (C=O) groups excluding carboxylic acids is 1. The Morgan fingerprint density at radius 1 is 1.40 bits per heavy atom. The molecule has 2 aliphatic rings. The first kappa shape index (κ1) is 13.2. The number of carbonyl (C=O) groups is 1. The molecule has 2 N–H and O–H groups in total. The normalized spacial score (nSPS) is 31.9. The van der Waals surface area contributed by atoms with Crippen molar-refractivity contribution in [2.24, 2.45) is 22.4 Å². The van der Waals surface area contributed by atoms with E-state index in [1.54, 1.807) is 30.5 Å². The van der Waals surface area contributed by atoms with Gasteiger partial charge in [-0.3, -0.25) is 4.79 Å². The monoisotopic (exact) mass is 272 g/mol. The van der Waals surface area contributed by atoms with Crippen LogP contribution in [0.3, 0.4) is 0 Å². The number of fused-ring (bicyclic) bond motifs is 1. The van der Waals surface area contributed by atoms with Crippen LogP contribution in [0, 0.1) is 17.3 Å². The van der Waals surface area contributed by atoms with Gasteiger partial charge < -0.3 is 5.11 Å². The number of phenols is 1. The second-order valence-electron chi connectivity index (χ2n) is 6.16. The maximum Gasteiger partial charge on any atom is 0.244 e. The zero-order valence-electron chi connectivity index (χ0n) is 11.7. The van der Waals surface area contributed by atoms with Crippen LogP contribution in [-0.4, -0.2) is 17.2 Å². The first-order valence-corrected chi connectivity index (χ1v) is 7.23. The average Bonchev–Trinajstić information content (AvgIpc) is 3.06. The van der Waals surface area contributed by atoms with Crippen molar-refractivity contribution in [3.05, 3.63) is 29.8 Å². The Labute approximate surface area is 118 Å². The lowest BCUT2D eigenvalue weighted by atomic mass is 9.90. The van der Waals surface area contributed by atoms with Gasteiger partial charge in [0.2, 0.25) is 5.91 Å². The third-order valence-electron chi connectivity index (χ3n) is 4.90. The Hall–Kier alpha value is -1.84. The molecule has 0 aromatic heterocycles. The van der Waals surface area contributed by atoms with E-state index < -0.39 is 0 Å². The van der Waals surface area contributed by atoms with Crippen LogP contribution >= 0.6 is 0 Å². The summed E-state index contributed by atoms with van der Waals surface area (Å²) in [4.78, 5) is 12.2. The zero-order valence-corrected chi connectivity index (χ0v) is 11.7. The molecule has 1 amide bonds. The number of hydrogen-bond donors (Lipinski definition) is 2. The molecular formula is C16H20N2O2. The van der Waals surface area contributed by atoms with Crippen LogP contribution in [0.15, 0.2) is 29.4 Å². The average molecular weight is 272 g/mol. The fourth-order valence-electron chi connectivity index (χ4n) is 3.65. The molecule has 0 heterocycles. The fraction of sp³-hybridized carbons (Fsp3) is 0.500. The van der Waals surface area contributed by atoms with E-state index in [-0.39, 0.29) is 23.0 Å². The molecular weight excluding hydrogens is 252 g/mol. The highest BCUT2D eigenvalue weighted by molar-refractivity contribution is 5.85. The highest BCUT2D eigenvalue weighted by Gasteiger charge is 2.64. The van der Waals surface area contributed by atoms with E-state index in [9.17, 15) is 9.90 Å². The van der Waals surface area contributed by atoms with Crippen molar-refractivity contribution in [1.82, 2.24) is 5.43 Å². The van der Waals surface area contributed by atoms with Gasteiger partial charge in [0.05, 0.1) is 6.21 Å². The summed E-state index contributed by atoms with van der Waals surface area (Å²) in [6, 6.07) is 6.70. The van der Waals surface area contributed by atoms with Crippen LogP contribution in [0.4, 0.5) is 0 Å². The predicted molar refractivity (Wildman–Crippen MR) is 77.4 cm³/mol. The molecule has 20 heavy (non-hydrogen) atoms. The van der Waals surface area contributed by atoms with Crippen LogP contribution in [0.1, 0.15) is 38.2 Å². The van der Waals surface area contributed by atoms with Gasteiger partial charge in [0, 0.05) is 5.92 Å². The third kappa shape index (κ3) is 2.30. The molecule has 2 fully saturated rings. The topological polar surface area (TPSA) is 61.7 Å². The Kier molecular flexibility index (Phi) is 3.24. The Morgan fingerprint density at radius 3 is 2.80 bits per heavy atom. The van der Waals surface area contributed by atoms with Gasteiger partial charge in [0.1, 0.15) is 5.75 Å². The number of benzene rings is 1. The van der Waals surface area contributed by atoms with Gasteiger partial charge in [0.15, 0.2) is 0 Å². The van der Waals surface area contributed by atoms with Gasteiger partial charge in [-0.25, -0.2) is 5.43 Å². The maximum absolute atomic E-state index is 12.2. The summed E-state index contributed by atoms with van der Waals surface area (Å²) < 4.78 is 0. The molecule has 0 saturated heterocycles. The Balaban J connectivity index is 1.56. The molecule has 3 rings (SSSR count). The van der Waals surface area contributed by atoms with E-state index in [0.717, 1.165) is 12.0 Å². The van der Waals surface area contributed by atoms with Gasteiger partial charge in [-0.05, 0) is 54.0 Å². The quantitative estimate of drug-likeness (QED) is 0.656. The molecule has 0 unspecified atom stereocenters. The molecule has 2 aliphatic carbocycles. The third-order valence-corrected chi connectivity index (χ3v) is 4.90. The number of phenolic OH excluding ortho intramolecular Hbond substituents is 1. The Morgan fingerprint density at radius 2 is 2.15 bits per heavy atom. The van der Waals surface area contributed by atoms with Gasteiger partial charge in [-0.2, -0.15) is 5.10 Å². The standard InChI is InChI=1S/C16H20N2O2/c1-16-9-3-2-4-13(16)14(16)15(20)18-17-10-11-5-7-12(19)8-6-11/h5-8,10,13-14,19H,2-4,9H2,1H3,(H,18,20)/b17-10+/t13-,14-,16-/m0/s1. The summed E-state index contributed by atoms with van der Waals surface area (Å²) in [7, 11) is 0. The van der Waals surface area contributed by atoms with Gasteiger partial charge >= 0.3 is 0 Å². The second-order valence-corrected chi connectivity index (χ2v) is 6.16. The first-order chi connectivity index (χ1) is 9.61. The number of hydrogen-bond acceptors (Lipinski definition) is 3. The van der Waals surface area contributed by atoms with Crippen LogP contribution in [0.5, 0.6) is 5.75 Å². The number of hydrazone groups is 1. The van der Waals surface area contributed by atoms with E-state index in [1.165, 1.54) is 19.3 Å². The molecule has 2 saturated carbocycles. The van der Waals surface area contributed by atoms with Crippen molar-refractivity contribution >= 4 is 12.1 Å². The minimum absolute atomic E-state index is 0.0504. The van der Waals surface area contributed by atoms with E-state index in [1.807, 2.05) is 0 Å². The van der Waals surface area contributed by atoms with E-state index in [0.29, 0.717) is 5.92 Å². The largest absolute Gasteiger partial charge is 0.508 e. The van der Waals surface area contributed by atoms with Crippen molar-refractivity contribution in [2.75, 3.05) is 0 Å². The molecule has 0 aliphatic heterocycles. The van der Waals surface area contributed by atoms with E-state index in [4.69, 9.17) is 0 Å². The van der Waals surface area contributed by atoms with Crippen molar-refractivity contribution in [3.8, 4) is 5.75 Å². The van der Waals surface area contributed by atoms with Crippen molar-refractivity contribution in [3.63, 3.8) is 0 Å². The van der Waals surface area contributed by atoms with Crippen molar-refractivity contribution in [2.45, 2.75) is 32.6 Å². The molecule has 0 radical (unpaired) electrons. The summed E-state index contributed by atoms with van der Waals surface area (Å²) in [5, 5.41) is 13.2. The van der Waals surface area contributed by atoms with E-state index in [2.05, 4.69) is 17.5 Å². The lowest BCUT2D eigenvalue weighted by Crippen LogP contribution is -2.22. The molecule has 1 aromatic carbocycles. The van der Waals surface area contributed by atoms with Crippen LogP contribution < -0.4 is 5.43 Å². The summed E-state index contributed by atoms with van der Waals surface area (Å²) in [5.74, 6) is 0.970. The molecule has 0 bridgehead atoms. The lowest BCUT2D eigenvalue weighted by Gasteiger charge is -2.15.